The maximum absolute atomic E-state index is 12.0. The van der Waals surface area contributed by atoms with Crippen LogP contribution in [0.3, 0.4) is 0 Å². The zero-order chi connectivity index (χ0) is 13.8. The second-order valence-corrected chi connectivity index (χ2v) is 5.67. The van der Waals surface area contributed by atoms with Crippen LogP contribution in [0.25, 0.3) is 0 Å². The lowest BCUT2D eigenvalue weighted by atomic mass is 9.87. The fourth-order valence-electron chi connectivity index (χ4n) is 2.92. The molecule has 4 heteroatoms. The number of nitrogens with two attached hydrogens (primary N) is 1. The lowest BCUT2D eigenvalue weighted by molar-refractivity contribution is -0.142. The van der Waals surface area contributed by atoms with Crippen LogP contribution in [-0.2, 0) is 9.53 Å². The van der Waals surface area contributed by atoms with Crippen molar-refractivity contribution in [2.45, 2.75) is 38.0 Å². The molecule has 1 atom stereocenters. The van der Waals surface area contributed by atoms with Gasteiger partial charge in [0.1, 0.15) is 0 Å². The average Bonchev–Trinajstić information content (AvgIpc) is 2.91. The minimum atomic E-state index is -0.299. The van der Waals surface area contributed by atoms with E-state index < -0.39 is 0 Å². The van der Waals surface area contributed by atoms with Gasteiger partial charge in [0.25, 0.3) is 0 Å². The molecule has 1 aliphatic carbocycles. The van der Waals surface area contributed by atoms with Gasteiger partial charge in [-0.05, 0) is 36.1 Å². The van der Waals surface area contributed by atoms with Crippen LogP contribution in [0.4, 0.5) is 5.69 Å². The summed E-state index contributed by atoms with van der Waals surface area (Å²) in [6.07, 6.45) is 5.69. The quantitative estimate of drug-likeness (QED) is 0.675. The van der Waals surface area contributed by atoms with Gasteiger partial charge in [0.15, 0.2) is 0 Å². The summed E-state index contributed by atoms with van der Waals surface area (Å²) in [7, 11) is 1.42. The molecule has 0 bridgehead atoms. The predicted molar refractivity (Wildman–Crippen MR) is 77.2 cm³/mol. The number of nitrogen functional groups attached to an aromatic ring is 1. The molecule has 1 saturated carbocycles. The summed E-state index contributed by atoms with van der Waals surface area (Å²) in [5, 5.41) is 0.601. The van der Waals surface area contributed by atoms with Crippen molar-refractivity contribution in [3.8, 4) is 0 Å². The molecular weight excluding hydrogens is 262 g/mol. The zero-order valence-corrected chi connectivity index (χ0v) is 12.0. The number of benzene rings is 1. The second-order valence-electron chi connectivity index (χ2n) is 5.24. The lowest BCUT2D eigenvalue weighted by Gasteiger charge is -2.20. The van der Waals surface area contributed by atoms with Gasteiger partial charge in [0.05, 0.1) is 13.0 Å². The first-order valence-electron chi connectivity index (χ1n) is 6.74. The van der Waals surface area contributed by atoms with E-state index in [-0.39, 0.29) is 11.9 Å². The van der Waals surface area contributed by atoms with Gasteiger partial charge in [0, 0.05) is 10.7 Å². The van der Waals surface area contributed by atoms with Gasteiger partial charge in [-0.2, -0.15) is 0 Å². The van der Waals surface area contributed by atoms with Crippen LogP contribution in [0.15, 0.2) is 18.2 Å². The molecule has 2 rings (SSSR count). The molecule has 0 saturated heterocycles. The van der Waals surface area contributed by atoms with Crippen molar-refractivity contribution in [3.05, 3.63) is 28.8 Å². The van der Waals surface area contributed by atoms with Gasteiger partial charge in [0.2, 0.25) is 0 Å². The Bertz CT molecular complexity index is 455. The van der Waals surface area contributed by atoms with E-state index in [4.69, 9.17) is 22.1 Å². The molecule has 1 aromatic carbocycles. The van der Waals surface area contributed by atoms with Crippen LogP contribution in [-0.4, -0.2) is 13.1 Å². The van der Waals surface area contributed by atoms with E-state index in [2.05, 4.69) is 0 Å². The van der Waals surface area contributed by atoms with Crippen molar-refractivity contribution in [2.24, 2.45) is 5.92 Å². The summed E-state index contributed by atoms with van der Waals surface area (Å²) in [5.74, 6) is 0.0650. The van der Waals surface area contributed by atoms with Crippen molar-refractivity contribution in [3.63, 3.8) is 0 Å². The molecule has 0 radical (unpaired) electrons. The molecule has 19 heavy (non-hydrogen) atoms. The van der Waals surface area contributed by atoms with Crippen LogP contribution < -0.4 is 5.73 Å². The third-order valence-corrected chi connectivity index (χ3v) is 4.19. The number of methoxy groups -OCH3 is 1. The molecule has 0 spiro atoms. The Morgan fingerprint density at radius 3 is 2.79 bits per heavy atom. The van der Waals surface area contributed by atoms with E-state index >= 15 is 0 Å². The Morgan fingerprint density at radius 1 is 1.47 bits per heavy atom. The first kappa shape index (κ1) is 14.2. The van der Waals surface area contributed by atoms with Crippen molar-refractivity contribution in [2.75, 3.05) is 12.8 Å². The van der Waals surface area contributed by atoms with Crippen molar-refractivity contribution in [1.82, 2.24) is 0 Å². The fraction of sp³-hybridized carbons (Fsp3) is 0.533. The highest BCUT2D eigenvalue weighted by atomic mass is 35.5. The summed E-state index contributed by atoms with van der Waals surface area (Å²) in [5.41, 5.74) is 7.40. The summed E-state index contributed by atoms with van der Waals surface area (Å²) in [6, 6.07) is 5.28. The van der Waals surface area contributed by atoms with Gasteiger partial charge in [-0.3, -0.25) is 4.79 Å². The molecule has 2 N–H and O–H groups in total. The Balaban J connectivity index is 2.25. The van der Waals surface area contributed by atoms with Gasteiger partial charge < -0.3 is 10.5 Å². The van der Waals surface area contributed by atoms with Crippen LogP contribution >= 0.6 is 11.6 Å². The summed E-state index contributed by atoms with van der Waals surface area (Å²) in [6.45, 7) is 0. The SMILES string of the molecule is COC(=O)C(CC1CCCC1)c1cc(Cl)ccc1N. The van der Waals surface area contributed by atoms with Crippen molar-refractivity contribution >= 4 is 23.3 Å². The Hall–Kier alpha value is -1.22. The Morgan fingerprint density at radius 2 is 2.16 bits per heavy atom. The van der Waals surface area contributed by atoms with E-state index in [1.807, 2.05) is 0 Å². The molecule has 0 heterocycles. The largest absolute Gasteiger partial charge is 0.469 e. The molecule has 1 unspecified atom stereocenters. The highest BCUT2D eigenvalue weighted by molar-refractivity contribution is 6.30. The Labute approximate surface area is 119 Å². The molecule has 0 amide bonds. The zero-order valence-electron chi connectivity index (χ0n) is 11.2. The molecule has 1 fully saturated rings. The van der Waals surface area contributed by atoms with E-state index in [0.717, 1.165) is 12.0 Å². The number of ether oxygens (including phenoxy) is 1. The molecule has 1 aromatic rings. The number of anilines is 1. The number of carbonyl (C=O) groups excluding carboxylic acids is 1. The Kier molecular flexibility index (Phi) is 4.70. The van der Waals surface area contributed by atoms with E-state index in [0.29, 0.717) is 16.6 Å². The van der Waals surface area contributed by atoms with E-state index in [9.17, 15) is 4.79 Å². The molecular formula is C15H20ClNO2. The smallest absolute Gasteiger partial charge is 0.313 e. The summed E-state index contributed by atoms with van der Waals surface area (Å²) >= 11 is 6.02. The maximum Gasteiger partial charge on any atom is 0.313 e. The topological polar surface area (TPSA) is 52.3 Å². The summed E-state index contributed by atoms with van der Waals surface area (Å²) in [4.78, 5) is 12.0. The van der Waals surface area contributed by atoms with Crippen LogP contribution in [0, 0.1) is 5.92 Å². The molecule has 104 valence electrons. The average molecular weight is 282 g/mol. The number of esters is 1. The van der Waals surface area contributed by atoms with Crippen LogP contribution in [0.5, 0.6) is 0 Å². The van der Waals surface area contributed by atoms with Crippen LogP contribution in [0.1, 0.15) is 43.6 Å². The van der Waals surface area contributed by atoms with Crippen molar-refractivity contribution < 1.29 is 9.53 Å². The normalized spacial score (nSPS) is 17.4. The lowest BCUT2D eigenvalue weighted by Crippen LogP contribution is -2.18. The minimum absolute atomic E-state index is 0.221. The monoisotopic (exact) mass is 281 g/mol. The number of hydrogen-bond acceptors (Lipinski definition) is 3. The van der Waals surface area contributed by atoms with Crippen LogP contribution in [0.2, 0.25) is 5.02 Å². The molecule has 1 aliphatic rings. The fourth-order valence-corrected chi connectivity index (χ4v) is 3.10. The predicted octanol–water partition coefficient (Wildman–Crippen LogP) is 3.76. The highest BCUT2D eigenvalue weighted by Gasteiger charge is 2.28. The number of carbonyl (C=O) groups is 1. The van der Waals surface area contributed by atoms with Gasteiger partial charge in [-0.1, -0.05) is 37.3 Å². The third-order valence-electron chi connectivity index (χ3n) is 3.95. The maximum atomic E-state index is 12.0. The molecule has 3 nitrogen and oxygen atoms in total. The number of hydrogen-bond donors (Lipinski definition) is 1. The van der Waals surface area contributed by atoms with Gasteiger partial charge in [-0.25, -0.2) is 0 Å². The van der Waals surface area contributed by atoms with Gasteiger partial charge >= 0.3 is 5.97 Å². The number of rotatable bonds is 4. The number of halogens is 1. The summed E-state index contributed by atoms with van der Waals surface area (Å²) < 4.78 is 4.93. The second kappa shape index (κ2) is 6.29. The van der Waals surface area contributed by atoms with Crippen molar-refractivity contribution in [1.29, 1.82) is 0 Å². The first-order chi connectivity index (χ1) is 9.11. The first-order valence-corrected chi connectivity index (χ1v) is 7.12. The minimum Gasteiger partial charge on any atom is -0.469 e. The third kappa shape index (κ3) is 3.41. The van der Waals surface area contributed by atoms with E-state index in [1.165, 1.54) is 32.8 Å². The highest BCUT2D eigenvalue weighted by Crippen LogP contribution is 2.37. The molecule has 0 aromatic heterocycles. The standard InChI is InChI=1S/C15H20ClNO2/c1-19-15(18)13(8-10-4-2-3-5-10)12-9-11(16)6-7-14(12)17/h6-7,9-10,13H,2-5,8,17H2,1H3. The van der Waals surface area contributed by atoms with Gasteiger partial charge in [-0.15, -0.1) is 0 Å². The van der Waals surface area contributed by atoms with E-state index in [1.54, 1.807) is 18.2 Å². The molecule has 0 aliphatic heterocycles.